The number of allylic oxidation sites excluding steroid dienone is 1. The fourth-order valence-corrected chi connectivity index (χ4v) is 3.56. The molecule has 0 radical (unpaired) electrons. The molecule has 1 atom stereocenters. The fourth-order valence-electron chi connectivity index (χ4n) is 3.56. The van der Waals surface area contributed by atoms with E-state index in [1.54, 1.807) is 10.8 Å². The maximum atomic E-state index is 11.5. The van der Waals surface area contributed by atoms with Crippen LogP contribution in [-0.4, -0.2) is 71.2 Å². The van der Waals surface area contributed by atoms with Gasteiger partial charge in [-0.05, 0) is 19.3 Å². The summed E-state index contributed by atoms with van der Waals surface area (Å²) >= 11 is 0. The molecule has 1 saturated heterocycles. The quantitative estimate of drug-likeness (QED) is 0.709. The number of fused-ring (bicyclic) bond motifs is 1. The average Bonchev–Trinajstić information content (AvgIpc) is 2.95. The highest BCUT2D eigenvalue weighted by Gasteiger charge is 2.28. The lowest BCUT2D eigenvalue weighted by Gasteiger charge is -2.29. The summed E-state index contributed by atoms with van der Waals surface area (Å²) in [6, 6.07) is 0.318. The van der Waals surface area contributed by atoms with Crippen molar-refractivity contribution in [3.63, 3.8) is 0 Å². The van der Waals surface area contributed by atoms with Crippen molar-refractivity contribution in [1.82, 2.24) is 20.0 Å². The number of nitrogens with one attached hydrogen (secondary N) is 1. The van der Waals surface area contributed by atoms with Crippen LogP contribution in [0.4, 0.5) is 0 Å². The second-order valence-electron chi connectivity index (χ2n) is 6.40. The molecule has 1 aromatic rings. The molecule has 1 aliphatic heterocycles. The summed E-state index contributed by atoms with van der Waals surface area (Å²) in [5.74, 6) is -0.942. The molecule has 1 aromatic heterocycles. The zero-order valence-electron chi connectivity index (χ0n) is 14.0. The summed E-state index contributed by atoms with van der Waals surface area (Å²) in [5, 5.41) is 17.3. The summed E-state index contributed by atoms with van der Waals surface area (Å²) in [5.41, 5.74) is 2.14. The second-order valence-corrected chi connectivity index (χ2v) is 6.40. The van der Waals surface area contributed by atoms with E-state index >= 15 is 0 Å². The Labute approximate surface area is 142 Å². The van der Waals surface area contributed by atoms with Crippen LogP contribution in [-0.2, 0) is 24.1 Å². The van der Waals surface area contributed by atoms with Gasteiger partial charge < -0.3 is 15.2 Å². The van der Waals surface area contributed by atoms with Crippen LogP contribution in [0.3, 0.4) is 0 Å². The van der Waals surface area contributed by atoms with Gasteiger partial charge in [0.2, 0.25) is 0 Å². The minimum absolute atomic E-state index is 0.200. The summed E-state index contributed by atoms with van der Waals surface area (Å²) < 4.78 is 7.15. The van der Waals surface area contributed by atoms with Crippen molar-refractivity contribution in [3.8, 4) is 0 Å². The second kappa shape index (κ2) is 7.92. The number of carboxylic acids is 1. The Hall–Kier alpha value is -1.70. The van der Waals surface area contributed by atoms with Gasteiger partial charge in [0.25, 0.3) is 0 Å². The Morgan fingerprint density at radius 2 is 2.25 bits per heavy atom. The Bertz CT molecular complexity index is 593. The van der Waals surface area contributed by atoms with Crippen LogP contribution < -0.4 is 5.32 Å². The zero-order chi connectivity index (χ0) is 16.9. The van der Waals surface area contributed by atoms with Crippen molar-refractivity contribution in [1.29, 1.82) is 0 Å². The van der Waals surface area contributed by atoms with Crippen LogP contribution in [0.25, 0.3) is 0 Å². The molecule has 1 aliphatic carbocycles. The molecule has 24 heavy (non-hydrogen) atoms. The third-order valence-corrected chi connectivity index (χ3v) is 4.82. The van der Waals surface area contributed by atoms with Gasteiger partial charge in [0, 0.05) is 43.5 Å². The fraction of sp³-hybridized carbons (Fsp3) is 0.647. The highest BCUT2D eigenvalue weighted by molar-refractivity contribution is 5.87. The summed E-state index contributed by atoms with van der Waals surface area (Å²) in [6.07, 6.45) is 4.36. The topological polar surface area (TPSA) is 79.6 Å². The number of morpholine rings is 1. The van der Waals surface area contributed by atoms with Gasteiger partial charge in [-0.15, -0.1) is 6.58 Å². The van der Waals surface area contributed by atoms with Crippen molar-refractivity contribution < 1.29 is 14.6 Å². The maximum Gasteiger partial charge on any atom is 0.356 e. The number of aromatic carboxylic acids is 1. The maximum absolute atomic E-state index is 11.5. The van der Waals surface area contributed by atoms with Gasteiger partial charge in [-0.3, -0.25) is 9.58 Å². The lowest BCUT2D eigenvalue weighted by Crippen LogP contribution is -2.43. The zero-order valence-corrected chi connectivity index (χ0v) is 14.0. The summed E-state index contributed by atoms with van der Waals surface area (Å²) in [7, 11) is 0. The van der Waals surface area contributed by atoms with Gasteiger partial charge in [-0.1, -0.05) is 6.08 Å². The van der Waals surface area contributed by atoms with Crippen LogP contribution in [0.5, 0.6) is 0 Å². The first-order valence-corrected chi connectivity index (χ1v) is 8.65. The van der Waals surface area contributed by atoms with Gasteiger partial charge in [-0.2, -0.15) is 5.10 Å². The lowest BCUT2D eigenvalue weighted by atomic mass is 9.91. The molecule has 0 saturated carbocycles. The summed E-state index contributed by atoms with van der Waals surface area (Å²) in [6.45, 7) is 9.83. The smallest absolute Gasteiger partial charge is 0.356 e. The molecule has 0 unspecified atom stereocenters. The molecule has 3 rings (SSSR count). The molecule has 2 N–H and O–H groups in total. The monoisotopic (exact) mass is 334 g/mol. The van der Waals surface area contributed by atoms with Gasteiger partial charge in [-0.25, -0.2) is 4.79 Å². The standard InChI is InChI=1S/C17H26N4O3/c1-2-6-21-15-4-3-13(12-14(15)16(19-21)17(22)23)18-5-7-20-8-10-24-11-9-20/h2,13,18H,1,3-12H2,(H,22,23)/t13-/m0/s1. The minimum Gasteiger partial charge on any atom is -0.476 e. The van der Waals surface area contributed by atoms with Crippen LogP contribution >= 0.6 is 0 Å². The van der Waals surface area contributed by atoms with Crippen molar-refractivity contribution in [3.05, 3.63) is 29.6 Å². The molecule has 7 nitrogen and oxygen atoms in total. The molecule has 1 fully saturated rings. The minimum atomic E-state index is -0.942. The molecule has 2 aliphatic rings. The molecule has 0 aromatic carbocycles. The number of rotatable bonds is 7. The Morgan fingerprint density at radius 3 is 2.96 bits per heavy atom. The first-order valence-electron chi connectivity index (χ1n) is 8.65. The van der Waals surface area contributed by atoms with Crippen molar-refractivity contribution in [2.45, 2.75) is 31.8 Å². The van der Waals surface area contributed by atoms with Crippen molar-refractivity contribution in [2.75, 3.05) is 39.4 Å². The molecule has 132 valence electrons. The van der Waals surface area contributed by atoms with Crippen molar-refractivity contribution in [2.24, 2.45) is 0 Å². The molecular weight excluding hydrogens is 308 g/mol. The first kappa shape index (κ1) is 17.1. The molecule has 0 bridgehead atoms. The van der Waals surface area contributed by atoms with Gasteiger partial charge >= 0.3 is 5.97 Å². The lowest BCUT2D eigenvalue weighted by molar-refractivity contribution is 0.0381. The third kappa shape index (κ3) is 3.85. The van der Waals surface area contributed by atoms with Gasteiger partial charge in [0.15, 0.2) is 5.69 Å². The van der Waals surface area contributed by atoms with E-state index in [-0.39, 0.29) is 5.69 Å². The third-order valence-electron chi connectivity index (χ3n) is 4.82. The van der Waals surface area contributed by atoms with Crippen LogP contribution in [0, 0.1) is 0 Å². The van der Waals surface area contributed by atoms with Crippen LogP contribution in [0.2, 0.25) is 0 Å². The van der Waals surface area contributed by atoms with Crippen LogP contribution in [0.1, 0.15) is 28.2 Å². The predicted octanol–water partition coefficient (Wildman–Crippen LogP) is 0.546. The molecular formula is C17H26N4O3. The van der Waals surface area contributed by atoms with E-state index in [4.69, 9.17) is 4.74 Å². The van der Waals surface area contributed by atoms with E-state index in [2.05, 4.69) is 21.9 Å². The summed E-state index contributed by atoms with van der Waals surface area (Å²) in [4.78, 5) is 13.9. The van der Waals surface area contributed by atoms with E-state index in [1.165, 1.54) is 0 Å². The predicted molar refractivity (Wildman–Crippen MR) is 90.5 cm³/mol. The number of hydrogen-bond acceptors (Lipinski definition) is 5. The number of ether oxygens (including phenoxy) is 1. The molecule has 0 amide bonds. The van der Waals surface area contributed by atoms with E-state index in [9.17, 15) is 9.90 Å². The Balaban J connectivity index is 1.58. The SMILES string of the molecule is C=CCn1nc(C(=O)O)c2c1CC[C@H](NCCN1CCOCC1)C2. The highest BCUT2D eigenvalue weighted by Crippen LogP contribution is 2.25. The van der Waals surface area contributed by atoms with Crippen molar-refractivity contribution >= 4 is 5.97 Å². The van der Waals surface area contributed by atoms with Crippen LogP contribution in [0.15, 0.2) is 12.7 Å². The number of aromatic nitrogens is 2. The number of carbonyl (C=O) groups is 1. The molecule has 0 spiro atoms. The molecule has 7 heteroatoms. The largest absolute Gasteiger partial charge is 0.476 e. The van der Waals surface area contributed by atoms with Gasteiger partial charge in [0.05, 0.1) is 19.8 Å². The average molecular weight is 334 g/mol. The highest BCUT2D eigenvalue weighted by atomic mass is 16.5. The van der Waals surface area contributed by atoms with E-state index in [1.807, 2.05) is 0 Å². The Kier molecular flexibility index (Phi) is 5.65. The van der Waals surface area contributed by atoms with E-state index in [0.717, 1.165) is 69.9 Å². The number of carboxylic acid groups (broad SMARTS) is 1. The normalized spacial score (nSPS) is 21.4. The van der Waals surface area contributed by atoms with E-state index in [0.29, 0.717) is 12.6 Å². The van der Waals surface area contributed by atoms with E-state index < -0.39 is 5.97 Å². The number of nitrogens with zero attached hydrogens (tertiary/aromatic N) is 3. The first-order chi connectivity index (χ1) is 11.7. The molecule has 2 heterocycles. The Morgan fingerprint density at radius 1 is 1.46 bits per heavy atom. The van der Waals surface area contributed by atoms with Gasteiger partial charge in [0.1, 0.15) is 0 Å². The number of hydrogen-bond donors (Lipinski definition) is 2.